The number of amides is 1. The number of anilines is 1. The highest BCUT2D eigenvalue weighted by molar-refractivity contribution is 9.10. The van der Waals surface area contributed by atoms with E-state index in [1.807, 2.05) is 26.0 Å². The third-order valence-electron chi connectivity index (χ3n) is 7.32. The number of alkyl halides is 3. The van der Waals surface area contributed by atoms with Crippen molar-refractivity contribution >= 4 is 27.8 Å². The van der Waals surface area contributed by atoms with Crippen molar-refractivity contribution in [1.82, 2.24) is 29.6 Å². The van der Waals surface area contributed by atoms with Crippen molar-refractivity contribution in [3.05, 3.63) is 98.2 Å². The summed E-state index contributed by atoms with van der Waals surface area (Å²) in [6.07, 6.45) is -2.78. The fourth-order valence-corrected chi connectivity index (χ4v) is 5.34. The van der Waals surface area contributed by atoms with Gasteiger partial charge in [-0.05, 0) is 76.6 Å². The van der Waals surface area contributed by atoms with Gasteiger partial charge in [0.15, 0.2) is 5.82 Å². The molecular weight excluding hydrogens is 627 g/mol. The maximum Gasteiger partial charge on any atom is 0.417 e. The van der Waals surface area contributed by atoms with Gasteiger partial charge in [-0.1, -0.05) is 22.0 Å². The van der Waals surface area contributed by atoms with Gasteiger partial charge in [-0.25, -0.2) is 14.5 Å². The van der Waals surface area contributed by atoms with Crippen molar-refractivity contribution in [3.8, 4) is 17.1 Å². The molecule has 13 heteroatoms. The largest absolute Gasteiger partial charge is 0.417 e. The molecule has 0 unspecified atom stereocenters. The first-order valence-corrected chi connectivity index (χ1v) is 14.2. The van der Waals surface area contributed by atoms with Crippen molar-refractivity contribution in [2.45, 2.75) is 58.4 Å². The van der Waals surface area contributed by atoms with E-state index in [1.165, 1.54) is 21.6 Å². The highest BCUT2D eigenvalue weighted by atomic mass is 79.9. The number of hydrogen-bond donors (Lipinski definition) is 2. The zero-order chi connectivity index (χ0) is 31.3. The molecule has 0 saturated heterocycles. The van der Waals surface area contributed by atoms with Crippen molar-refractivity contribution in [1.29, 1.82) is 0 Å². The Balaban J connectivity index is 1.56. The average Bonchev–Trinajstić information content (AvgIpc) is 3.39. The summed E-state index contributed by atoms with van der Waals surface area (Å²) in [5, 5.41) is 10.3. The van der Waals surface area contributed by atoms with E-state index in [-0.39, 0.29) is 34.5 Å². The Kier molecular flexibility index (Phi) is 7.80. The molecule has 0 radical (unpaired) electrons. The molecule has 2 N–H and O–H groups in total. The van der Waals surface area contributed by atoms with E-state index in [4.69, 9.17) is 4.98 Å². The van der Waals surface area contributed by atoms with Crippen LogP contribution in [0.2, 0.25) is 0 Å². The molecule has 43 heavy (non-hydrogen) atoms. The second kappa shape index (κ2) is 11.1. The summed E-state index contributed by atoms with van der Waals surface area (Å²) >= 11 is 2.92. The van der Waals surface area contributed by atoms with Gasteiger partial charge < -0.3 is 10.2 Å². The summed E-state index contributed by atoms with van der Waals surface area (Å²) in [5.74, 6) is 0.855. The predicted molar refractivity (Wildman–Crippen MR) is 160 cm³/mol. The number of carbonyl (C=O) groups excluding carboxylic acids is 1. The number of fused-ring (bicyclic) bond motifs is 1. The molecule has 4 aromatic rings. The molecule has 9 nitrogen and oxygen atoms in total. The lowest BCUT2D eigenvalue weighted by molar-refractivity contribution is -0.138. The number of benzene rings is 2. The lowest BCUT2D eigenvalue weighted by Gasteiger charge is -2.35. The number of aromatic nitrogens is 5. The van der Waals surface area contributed by atoms with Crippen LogP contribution < -0.4 is 10.9 Å². The van der Waals surface area contributed by atoms with E-state index in [2.05, 4.69) is 43.0 Å². The Morgan fingerprint density at radius 1 is 1.16 bits per heavy atom. The Morgan fingerprint density at radius 2 is 1.86 bits per heavy atom. The quantitative estimate of drug-likeness (QED) is 0.244. The molecule has 1 aliphatic rings. The zero-order valence-corrected chi connectivity index (χ0v) is 25.5. The third-order valence-corrected chi connectivity index (χ3v) is 8.01. The van der Waals surface area contributed by atoms with Gasteiger partial charge in [0.25, 0.3) is 11.5 Å². The zero-order valence-electron chi connectivity index (χ0n) is 23.9. The highest BCUT2D eigenvalue weighted by Crippen LogP contribution is 2.36. The van der Waals surface area contributed by atoms with E-state index < -0.39 is 29.2 Å². The molecule has 224 valence electrons. The Labute approximate surface area is 254 Å². The molecule has 0 saturated carbocycles. The number of hydrogen-bond acceptors (Lipinski definition) is 6. The summed E-state index contributed by atoms with van der Waals surface area (Å²) in [6, 6.07) is 10.1. The molecule has 3 heterocycles. The van der Waals surface area contributed by atoms with E-state index in [1.54, 1.807) is 32.1 Å². The van der Waals surface area contributed by atoms with Crippen LogP contribution in [-0.4, -0.2) is 47.1 Å². The van der Waals surface area contributed by atoms with Gasteiger partial charge in [0.2, 0.25) is 5.95 Å². The van der Waals surface area contributed by atoms with E-state index >= 15 is 0 Å². The molecule has 0 aliphatic carbocycles. The predicted octanol–water partition coefficient (Wildman–Crippen LogP) is 6.07. The van der Waals surface area contributed by atoms with Gasteiger partial charge in [0, 0.05) is 27.2 Å². The number of nitrogens with one attached hydrogen (secondary N) is 2. The van der Waals surface area contributed by atoms with Crippen molar-refractivity contribution in [3.63, 3.8) is 0 Å². The molecule has 1 atom stereocenters. The number of nitrogens with zero attached hydrogens (tertiary/aromatic N) is 5. The molecule has 1 amide bonds. The summed E-state index contributed by atoms with van der Waals surface area (Å²) < 4.78 is 41.9. The number of carbonyl (C=O) groups is 1. The lowest BCUT2D eigenvalue weighted by Crippen LogP contribution is -2.46. The summed E-state index contributed by atoms with van der Waals surface area (Å²) in [5.41, 5.74) is 0.107. The second-order valence-corrected chi connectivity index (χ2v) is 11.9. The maximum absolute atomic E-state index is 14.0. The van der Waals surface area contributed by atoms with Crippen LogP contribution in [0.5, 0.6) is 0 Å². The Bertz CT molecular complexity index is 1780. The monoisotopic (exact) mass is 655 g/mol. The average molecular weight is 657 g/mol. The fraction of sp³-hybridized carbons (Fsp3) is 0.300. The maximum atomic E-state index is 14.0. The minimum Gasteiger partial charge on any atom is -0.347 e. The number of aryl methyl sites for hydroxylation is 1. The van der Waals surface area contributed by atoms with Gasteiger partial charge in [-0.2, -0.15) is 18.3 Å². The van der Waals surface area contributed by atoms with Gasteiger partial charge in [0.05, 0.1) is 29.0 Å². The van der Waals surface area contributed by atoms with Gasteiger partial charge >= 0.3 is 6.18 Å². The Morgan fingerprint density at radius 3 is 2.47 bits per heavy atom. The molecule has 0 fully saturated rings. The molecule has 1 aliphatic heterocycles. The first-order valence-electron chi connectivity index (χ1n) is 13.4. The lowest BCUT2D eigenvalue weighted by atomic mass is 9.98. The van der Waals surface area contributed by atoms with Gasteiger partial charge in [0.1, 0.15) is 5.82 Å². The molecular formula is C30H29BrF3N7O2. The van der Waals surface area contributed by atoms with Crippen LogP contribution in [0.4, 0.5) is 19.1 Å². The number of H-pyrrole nitrogens is 1. The number of aromatic amines is 1. The topological polar surface area (TPSA) is 109 Å². The summed E-state index contributed by atoms with van der Waals surface area (Å²) in [7, 11) is 0. The first-order chi connectivity index (χ1) is 20.2. The van der Waals surface area contributed by atoms with Crippen molar-refractivity contribution < 1.29 is 18.0 Å². The van der Waals surface area contributed by atoms with Crippen LogP contribution in [0.15, 0.2) is 64.4 Å². The minimum absolute atomic E-state index is 0.0465. The molecule has 0 spiro atoms. The summed E-state index contributed by atoms with van der Waals surface area (Å²) in [6.45, 7) is 11.1. The smallest absolute Gasteiger partial charge is 0.347 e. The summed E-state index contributed by atoms with van der Waals surface area (Å²) in [4.78, 5) is 38.1. The van der Waals surface area contributed by atoms with E-state index in [0.29, 0.717) is 28.6 Å². The Hall–Kier alpha value is -4.26. The SMILES string of the molecule is C=CC(C)(C)Nc1nc2c(c(=O)n1-c1ccc(-c3n[nH]c(C)n3)cc1)C[C@@H](C)N(C(=O)c1ccc(Br)c(C(F)(F)F)c1)C2. The second-order valence-electron chi connectivity index (χ2n) is 11.0. The minimum atomic E-state index is -4.63. The van der Waals surface area contributed by atoms with Crippen molar-refractivity contribution in [2.75, 3.05) is 5.32 Å². The van der Waals surface area contributed by atoms with E-state index in [0.717, 1.165) is 11.6 Å². The number of rotatable bonds is 6. The van der Waals surface area contributed by atoms with E-state index in [9.17, 15) is 22.8 Å². The molecule has 5 rings (SSSR count). The van der Waals surface area contributed by atoms with Crippen LogP contribution in [0, 0.1) is 6.92 Å². The van der Waals surface area contributed by atoms with Crippen LogP contribution in [0.25, 0.3) is 17.1 Å². The number of halogens is 4. The molecule has 0 bridgehead atoms. The van der Waals surface area contributed by atoms with Crippen LogP contribution in [-0.2, 0) is 19.1 Å². The van der Waals surface area contributed by atoms with Gasteiger partial charge in [-0.15, -0.1) is 6.58 Å². The highest BCUT2D eigenvalue weighted by Gasteiger charge is 2.36. The first kappa shape index (κ1) is 30.2. The molecule has 2 aromatic carbocycles. The fourth-order valence-electron chi connectivity index (χ4n) is 4.87. The standard InChI is InChI=1S/C30H29BrF3N7O2/c1-6-29(4,5)37-28-36-24-15-40(26(42)19-9-12-23(31)22(14-19)30(32,33)34)16(2)13-21(24)27(43)41(28)20-10-7-18(8-11-20)25-35-17(3)38-39-25/h6-12,14,16H,1,13,15H2,2-5H3,(H,36,37)(H,35,38,39)/t16-/m1/s1. The third kappa shape index (κ3) is 5.99. The normalized spacial score (nSPS) is 15.3. The molecule has 2 aromatic heterocycles. The van der Waals surface area contributed by atoms with Gasteiger partial charge in [-0.3, -0.25) is 14.7 Å². The van der Waals surface area contributed by atoms with Crippen LogP contribution >= 0.6 is 15.9 Å². The van der Waals surface area contributed by atoms with Crippen LogP contribution in [0.1, 0.15) is 53.8 Å². The van der Waals surface area contributed by atoms with Crippen LogP contribution in [0.3, 0.4) is 0 Å². The van der Waals surface area contributed by atoms with Crippen molar-refractivity contribution in [2.24, 2.45) is 0 Å².